The fourth-order valence-electron chi connectivity index (χ4n) is 1.95. The lowest BCUT2D eigenvalue weighted by Gasteiger charge is -2.05. The van der Waals surface area contributed by atoms with Crippen molar-refractivity contribution < 1.29 is 13.6 Å². The monoisotopic (exact) mass is 389 g/mol. The number of rotatable bonds is 8. The van der Waals surface area contributed by atoms with Gasteiger partial charge >= 0.3 is 0 Å². The van der Waals surface area contributed by atoms with Crippen molar-refractivity contribution in [2.24, 2.45) is 5.10 Å². The third-order valence-corrected chi connectivity index (χ3v) is 4.24. The Labute approximate surface area is 157 Å². The van der Waals surface area contributed by atoms with E-state index in [1.54, 1.807) is 24.3 Å². The first-order valence-corrected chi connectivity index (χ1v) is 8.77. The third kappa shape index (κ3) is 5.31. The van der Waals surface area contributed by atoms with Gasteiger partial charge in [0.15, 0.2) is 0 Å². The molecule has 0 fully saturated rings. The number of carbonyl (C=O) groups is 1. The molecule has 4 N–H and O–H groups in total. The van der Waals surface area contributed by atoms with Crippen LogP contribution in [0.4, 0.5) is 10.3 Å². The average molecular weight is 389 g/mol. The fourth-order valence-corrected chi connectivity index (χ4v) is 2.64. The van der Waals surface area contributed by atoms with Crippen molar-refractivity contribution in [2.45, 2.75) is 11.7 Å². The van der Waals surface area contributed by atoms with E-state index in [0.29, 0.717) is 17.5 Å². The summed E-state index contributed by atoms with van der Waals surface area (Å²) in [6.07, 6.45) is 2.99. The molecule has 0 radical (unpaired) electrons. The minimum absolute atomic E-state index is 0.103. The number of nitrogens with two attached hydrogens (primary N) is 1. The Morgan fingerprint density at radius 2 is 2.15 bits per heavy atom. The number of nitrogens with one attached hydrogen (secondary N) is 2. The molecule has 1 aromatic carbocycles. The Kier molecular flexibility index (Phi) is 6.05. The number of nitrogens with zero attached hydrogens (tertiary/aromatic N) is 4. The molecule has 0 saturated carbocycles. The number of furan rings is 1. The number of hydrogen-bond acceptors (Lipinski definition) is 8. The normalized spacial score (nSPS) is 11.0. The zero-order chi connectivity index (χ0) is 19.1. The molecule has 2 aromatic heterocycles. The zero-order valence-electron chi connectivity index (χ0n) is 14.0. The van der Waals surface area contributed by atoms with Crippen LogP contribution in [-0.2, 0) is 11.3 Å². The largest absolute Gasteiger partial charge is 0.463 e. The Bertz CT molecular complexity index is 910. The topological polar surface area (TPSA) is 123 Å². The Morgan fingerprint density at radius 3 is 2.89 bits per heavy atom. The van der Waals surface area contributed by atoms with Gasteiger partial charge in [-0.3, -0.25) is 4.79 Å². The zero-order valence-corrected chi connectivity index (χ0v) is 14.8. The Balaban J connectivity index is 1.45. The molecule has 3 aromatic rings. The van der Waals surface area contributed by atoms with Crippen LogP contribution < -0.4 is 16.6 Å². The highest BCUT2D eigenvalue weighted by molar-refractivity contribution is 7.99. The second-order valence-electron chi connectivity index (χ2n) is 5.25. The van der Waals surface area contributed by atoms with Crippen molar-refractivity contribution >= 4 is 29.8 Å². The summed E-state index contributed by atoms with van der Waals surface area (Å²) in [5.41, 5.74) is 3.44. The molecule has 140 valence electrons. The first-order chi connectivity index (χ1) is 13.1. The van der Waals surface area contributed by atoms with Gasteiger partial charge in [-0.05, 0) is 29.8 Å². The minimum Gasteiger partial charge on any atom is -0.463 e. The molecule has 2 heterocycles. The predicted molar refractivity (Wildman–Crippen MR) is 99.1 cm³/mol. The van der Waals surface area contributed by atoms with Crippen LogP contribution in [0, 0.1) is 5.82 Å². The van der Waals surface area contributed by atoms with Gasteiger partial charge in [0.05, 0.1) is 18.2 Å². The van der Waals surface area contributed by atoms with Gasteiger partial charge in [0, 0.05) is 6.54 Å². The van der Waals surface area contributed by atoms with Crippen LogP contribution in [-0.4, -0.2) is 32.7 Å². The molecular formula is C16H16FN7O2S. The summed E-state index contributed by atoms with van der Waals surface area (Å²) >= 11 is 1.13. The molecule has 11 heteroatoms. The first kappa shape index (κ1) is 18.5. The minimum atomic E-state index is -0.319. The Morgan fingerprint density at radius 1 is 1.33 bits per heavy atom. The number of amides is 1. The number of hydrazone groups is 1. The highest BCUT2D eigenvalue weighted by Crippen LogP contribution is 2.16. The number of thioether (sulfide) groups is 1. The van der Waals surface area contributed by atoms with Crippen LogP contribution in [0.5, 0.6) is 0 Å². The molecule has 0 unspecified atom stereocenters. The first-order valence-electron chi connectivity index (χ1n) is 7.79. The molecule has 9 nitrogen and oxygen atoms in total. The van der Waals surface area contributed by atoms with Gasteiger partial charge < -0.3 is 15.6 Å². The smallest absolute Gasteiger partial charge is 0.264 e. The summed E-state index contributed by atoms with van der Waals surface area (Å²) < 4.78 is 19.1. The fraction of sp³-hybridized carbons (Fsp3) is 0.125. The maximum Gasteiger partial charge on any atom is 0.264 e. The molecule has 0 aliphatic carbocycles. The van der Waals surface area contributed by atoms with E-state index in [4.69, 9.17) is 10.3 Å². The summed E-state index contributed by atoms with van der Waals surface area (Å²) in [6, 6.07) is 9.39. The Hall–Kier alpha value is -3.34. The van der Waals surface area contributed by atoms with Crippen molar-refractivity contribution in [1.29, 1.82) is 0 Å². The van der Waals surface area contributed by atoms with Crippen molar-refractivity contribution in [1.82, 2.24) is 20.2 Å². The van der Waals surface area contributed by atoms with Gasteiger partial charge in [-0.1, -0.05) is 23.9 Å². The maximum atomic E-state index is 12.8. The van der Waals surface area contributed by atoms with Gasteiger partial charge in [0.25, 0.3) is 5.95 Å². The molecular weight excluding hydrogens is 373 g/mol. The molecule has 0 saturated heterocycles. The van der Waals surface area contributed by atoms with Crippen LogP contribution in [0.1, 0.15) is 11.3 Å². The second-order valence-corrected chi connectivity index (χ2v) is 6.20. The van der Waals surface area contributed by atoms with E-state index in [-0.39, 0.29) is 23.4 Å². The summed E-state index contributed by atoms with van der Waals surface area (Å²) in [4.78, 5) is 11.9. The number of benzene rings is 1. The van der Waals surface area contributed by atoms with Gasteiger partial charge in [0.2, 0.25) is 11.1 Å². The second kappa shape index (κ2) is 8.85. The summed E-state index contributed by atoms with van der Waals surface area (Å²) in [7, 11) is 0. The van der Waals surface area contributed by atoms with Crippen molar-refractivity contribution in [3.8, 4) is 0 Å². The molecule has 3 rings (SSSR count). The summed E-state index contributed by atoms with van der Waals surface area (Å²) in [5, 5.41) is 14.8. The van der Waals surface area contributed by atoms with Gasteiger partial charge in [-0.25, -0.2) is 14.5 Å². The summed E-state index contributed by atoms with van der Waals surface area (Å²) in [5.74, 6) is 6.23. The van der Waals surface area contributed by atoms with Crippen LogP contribution in [0.2, 0.25) is 0 Å². The van der Waals surface area contributed by atoms with E-state index in [9.17, 15) is 9.18 Å². The van der Waals surface area contributed by atoms with Crippen molar-refractivity contribution in [3.05, 3.63) is 59.8 Å². The lowest BCUT2D eigenvalue weighted by molar-refractivity contribution is -0.118. The van der Waals surface area contributed by atoms with E-state index < -0.39 is 0 Å². The number of nitrogen functional groups attached to an aromatic ring is 1. The quantitative estimate of drug-likeness (QED) is 0.231. The molecule has 1 amide bonds. The number of halogens is 1. The molecule has 0 bridgehead atoms. The molecule has 0 spiro atoms. The van der Waals surface area contributed by atoms with Crippen LogP contribution in [0.15, 0.2) is 57.3 Å². The highest BCUT2D eigenvalue weighted by Gasteiger charge is 2.12. The van der Waals surface area contributed by atoms with E-state index in [1.807, 2.05) is 0 Å². The highest BCUT2D eigenvalue weighted by atomic mass is 32.2. The van der Waals surface area contributed by atoms with E-state index in [2.05, 4.69) is 26.0 Å². The lowest BCUT2D eigenvalue weighted by Crippen LogP contribution is -2.25. The third-order valence-electron chi connectivity index (χ3n) is 3.30. The number of aromatic nitrogens is 3. The van der Waals surface area contributed by atoms with Crippen LogP contribution in [0.25, 0.3) is 0 Å². The van der Waals surface area contributed by atoms with Gasteiger partial charge in [0.1, 0.15) is 11.6 Å². The van der Waals surface area contributed by atoms with Crippen LogP contribution in [0.3, 0.4) is 0 Å². The average Bonchev–Trinajstić information content (AvgIpc) is 3.30. The summed E-state index contributed by atoms with van der Waals surface area (Å²) in [6.45, 7) is 0.309. The lowest BCUT2D eigenvalue weighted by atomic mass is 10.2. The van der Waals surface area contributed by atoms with Crippen LogP contribution >= 0.6 is 11.8 Å². The predicted octanol–water partition coefficient (Wildman–Crippen LogP) is 1.58. The molecule has 0 atom stereocenters. The standard InChI is InChI=1S/C16H16FN7O2S/c17-12-5-3-11(4-6-12)8-19-14(25)10-27-16-23-22-15(24(16)18)21-20-9-13-2-1-7-26-13/h1-7,9H,8,10,18H2,(H,19,25)(H,21,22)/b20-9+. The van der Waals surface area contributed by atoms with Crippen molar-refractivity contribution in [2.75, 3.05) is 17.0 Å². The SMILES string of the molecule is Nn1c(N/N=C/c2ccco2)nnc1SCC(=O)NCc1ccc(F)cc1. The van der Waals surface area contributed by atoms with E-state index >= 15 is 0 Å². The molecule has 0 aliphatic rings. The van der Waals surface area contributed by atoms with E-state index in [1.165, 1.54) is 29.3 Å². The number of anilines is 1. The van der Waals surface area contributed by atoms with Gasteiger partial charge in [-0.15, -0.1) is 10.2 Å². The molecule has 27 heavy (non-hydrogen) atoms. The van der Waals surface area contributed by atoms with Crippen molar-refractivity contribution in [3.63, 3.8) is 0 Å². The number of hydrogen-bond donors (Lipinski definition) is 3. The van der Waals surface area contributed by atoms with Gasteiger partial charge in [-0.2, -0.15) is 5.10 Å². The molecule has 0 aliphatic heterocycles. The number of carbonyl (C=O) groups excluding carboxylic acids is 1. The maximum absolute atomic E-state index is 12.8. The van der Waals surface area contributed by atoms with E-state index in [0.717, 1.165) is 17.3 Å².